The normalized spacial score (nSPS) is 29.4. The van der Waals surface area contributed by atoms with E-state index in [9.17, 15) is 22.8 Å². The summed E-state index contributed by atoms with van der Waals surface area (Å²) < 4.78 is 40.2. The number of amides is 1. The summed E-state index contributed by atoms with van der Waals surface area (Å²) in [4.78, 5) is 21.2. The Bertz CT molecular complexity index is 309. The Kier molecular flexibility index (Phi) is 3.13. The molecule has 0 aromatic carbocycles. The van der Waals surface area contributed by atoms with Crippen molar-refractivity contribution in [3.05, 3.63) is 0 Å². The summed E-state index contributed by atoms with van der Waals surface area (Å²) in [6.07, 6.45) is -5.28. The molecule has 0 radical (unpaired) electrons. The second-order valence-electron chi connectivity index (χ2n) is 3.58. The van der Waals surface area contributed by atoms with Crippen LogP contribution in [0.5, 0.6) is 0 Å². The predicted molar refractivity (Wildman–Crippen MR) is 44.6 cm³/mol. The van der Waals surface area contributed by atoms with Gasteiger partial charge in [-0.3, -0.25) is 4.79 Å². The molecule has 0 aromatic rings. The average Bonchev–Trinajstić information content (AvgIpc) is 2.07. The molecule has 8 heteroatoms. The van der Waals surface area contributed by atoms with E-state index in [0.717, 1.165) is 7.11 Å². The zero-order chi connectivity index (χ0) is 12.6. The first-order valence-corrected chi connectivity index (χ1v) is 4.37. The molecular formula is C8H10F3NO4. The molecule has 1 rings (SSSR count). The molecule has 0 atom stereocenters. The van der Waals surface area contributed by atoms with Gasteiger partial charge in [0.2, 0.25) is 0 Å². The fraction of sp³-hybridized carbons (Fsp3) is 0.750. The minimum Gasteiger partial charge on any atom is -0.479 e. The van der Waals surface area contributed by atoms with Crippen molar-refractivity contribution in [1.82, 2.24) is 5.32 Å². The first kappa shape index (κ1) is 12.8. The third-order valence-electron chi connectivity index (χ3n) is 2.53. The van der Waals surface area contributed by atoms with Gasteiger partial charge in [-0.15, -0.1) is 0 Å². The number of carbonyl (C=O) groups is 2. The molecule has 0 heterocycles. The van der Waals surface area contributed by atoms with Gasteiger partial charge in [-0.1, -0.05) is 0 Å². The molecule has 0 saturated heterocycles. The Morgan fingerprint density at radius 1 is 1.44 bits per heavy atom. The zero-order valence-electron chi connectivity index (χ0n) is 8.30. The van der Waals surface area contributed by atoms with Gasteiger partial charge in [0.1, 0.15) is 0 Å². The average molecular weight is 241 g/mol. The number of rotatable bonds is 3. The summed E-state index contributed by atoms with van der Waals surface area (Å²) in [5, 5.41) is 10.4. The van der Waals surface area contributed by atoms with Gasteiger partial charge in [-0.2, -0.15) is 13.2 Å². The van der Waals surface area contributed by atoms with Crippen molar-refractivity contribution in [3.63, 3.8) is 0 Å². The van der Waals surface area contributed by atoms with Crippen LogP contribution in [-0.4, -0.2) is 41.9 Å². The molecule has 1 amide bonds. The Labute approximate surface area is 88.6 Å². The standard InChI is InChI=1S/C8H10F3NO4/c1-16-7(6(14)15)2-4(3-7)12-5(13)8(9,10)11/h4H,2-3H2,1H3,(H,12,13)(H,14,15). The van der Waals surface area contributed by atoms with E-state index in [-0.39, 0.29) is 12.8 Å². The van der Waals surface area contributed by atoms with Crippen LogP contribution < -0.4 is 5.32 Å². The lowest BCUT2D eigenvalue weighted by Crippen LogP contribution is -2.61. The number of ether oxygens (including phenoxy) is 1. The summed E-state index contributed by atoms with van der Waals surface area (Å²) in [6, 6.07) is -0.815. The van der Waals surface area contributed by atoms with Crippen LogP contribution in [-0.2, 0) is 14.3 Å². The van der Waals surface area contributed by atoms with E-state index in [1.807, 2.05) is 0 Å². The van der Waals surface area contributed by atoms with E-state index in [1.54, 1.807) is 5.32 Å². The van der Waals surface area contributed by atoms with Crippen LogP contribution in [0.3, 0.4) is 0 Å². The lowest BCUT2D eigenvalue weighted by atomic mass is 9.75. The Morgan fingerprint density at radius 2 is 1.94 bits per heavy atom. The fourth-order valence-corrected chi connectivity index (χ4v) is 1.53. The second-order valence-corrected chi connectivity index (χ2v) is 3.58. The van der Waals surface area contributed by atoms with E-state index in [0.29, 0.717) is 0 Å². The van der Waals surface area contributed by atoms with Gasteiger partial charge >= 0.3 is 18.1 Å². The number of nitrogens with one attached hydrogen (secondary N) is 1. The van der Waals surface area contributed by atoms with Crippen LogP contribution in [0.15, 0.2) is 0 Å². The number of carboxylic acid groups (broad SMARTS) is 1. The van der Waals surface area contributed by atoms with E-state index in [4.69, 9.17) is 9.84 Å². The molecule has 5 nitrogen and oxygen atoms in total. The van der Waals surface area contributed by atoms with Gasteiger partial charge in [0.25, 0.3) is 0 Å². The summed E-state index contributed by atoms with van der Waals surface area (Å²) in [6.45, 7) is 0. The molecule has 1 aliphatic carbocycles. The van der Waals surface area contributed by atoms with Crippen molar-refractivity contribution in [2.45, 2.75) is 30.7 Å². The number of halogens is 3. The number of alkyl halides is 3. The highest BCUT2D eigenvalue weighted by Crippen LogP contribution is 2.36. The van der Waals surface area contributed by atoms with Crippen molar-refractivity contribution in [3.8, 4) is 0 Å². The second kappa shape index (κ2) is 3.93. The summed E-state index contributed by atoms with van der Waals surface area (Å²) in [7, 11) is 1.16. The molecule has 16 heavy (non-hydrogen) atoms. The van der Waals surface area contributed by atoms with Crippen molar-refractivity contribution in [2.24, 2.45) is 0 Å². The summed E-state index contributed by atoms with van der Waals surface area (Å²) in [5.41, 5.74) is -1.47. The topological polar surface area (TPSA) is 75.6 Å². The number of methoxy groups -OCH3 is 1. The highest BCUT2D eigenvalue weighted by Gasteiger charge is 2.53. The third kappa shape index (κ3) is 2.26. The maximum Gasteiger partial charge on any atom is 0.471 e. The number of aliphatic carboxylic acids is 1. The lowest BCUT2D eigenvalue weighted by molar-refractivity contribution is -0.185. The van der Waals surface area contributed by atoms with E-state index < -0.39 is 29.7 Å². The zero-order valence-corrected chi connectivity index (χ0v) is 8.30. The fourth-order valence-electron chi connectivity index (χ4n) is 1.53. The van der Waals surface area contributed by atoms with Crippen LogP contribution in [0.4, 0.5) is 13.2 Å². The number of carboxylic acids is 1. The van der Waals surface area contributed by atoms with Gasteiger partial charge in [-0.05, 0) is 0 Å². The van der Waals surface area contributed by atoms with Gasteiger partial charge in [-0.25, -0.2) is 4.79 Å². The van der Waals surface area contributed by atoms with Gasteiger partial charge < -0.3 is 15.2 Å². The Hall–Kier alpha value is -1.31. The molecule has 1 saturated carbocycles. The van der Waals surface area contributed by atoms with Crippen LogP contribution in [0.25, 0.3) is 0 Å². The molecule has 0 aliphatic heterocycles. The van der Waals surface area contributed by atoms with Gasteiger partial charge in [0.05, 0.1) is 0 Å². The lowest BCUT2D eigenvalue weighted by Gasteiger charge is -2.43. The molecule has 92 valence electrons. The molecular weight excluding hydrogens is 231 g/mol. The molecule has 0 aromatic heterocycles. The quantitative estimate of drug-likeness (QED) is 0.745. The van der Waals surface area contributed by atoms with Crippen LogP contribution in [0, 0.1) is 0 Å². The first-order chi connectivity index (χ1) is 7.21. The van der Waals surface area contributed by atoms with Crippen molar-refractivity contribution >= 4 is 11.9 Å². The molecule has 0 bridgehead atoms. The molecule has 0 unspecified atom stereocenters. The minimum absolute atomic E-state index is 0.166. The monoisotopic (exact) mass is 241 g/mol. The Morgan fingerprint density at radius 3 is 2.25 bits per heavy atom. The van der Waals surface area contributed by atoms with Gasteiger partial charge in [0.15, 0.2) is 5.60 Å². The van der Waals surface area contributed by atoms with E-state index in [1.165, 1.54) is 0 Å². The Balaban J connectivity index is 2.48. The van der Waals surface area contributed by atoms with Crippen LogP contribution in [0.2, 0.25) is 0 Å². The van der Waals surface area contributed by atoms with Crippen molar-refractivity contribution in [1.29, 1.82) is 0 Å². The van der Waals surface area contributed by atoms with E-state index >= 15 is 0 Å². The largest absolute Gasteiger partial charge is 0.479 e. The smallest absolute Gasteiger partial charge is 0.471 e. The van der Waals surface area contributed by atoms with E-state index in [2.05, 4.69) is 0 Å². The van der Waals surface area contributed by atoms with Crippen molar-refractivity contribution in [2.75, 3.05) is 7.11 Å². The SMILES string of the molecule is COC1(C(=O)O)CC(NC(=O)C(F)(F)F)C1. The molecule has 1 aliphatic rings. The minimum atomic E-state index is -4.95. The number of carbonyl (C=O) groups excluding carboxylic acids is 1. The van der Waals surface area contributed by atoms with Crippen LogP contribution in [0.1, 0.15) is 12.8 Å². The maximum atomic E-state index is 11.8. The summed E-state index contributed by atoms with van der Waals surface area (Å²) in [5.74, 6) is -3.31. The predicted octanol–water partition coefficient (Wildman–Crippen LogP) is 0.297. The molecule has 2 N–H and O–H groups in total. The number of hydrogen-bond acceptors (Lipinski definition) is 3. The summed E-state index contributed by atoms with van der Waals surface area (Å²) >= 11 is 0. The number of hydrogen-bond donors (Lipinski definition) is 2. The third-order valence-corrected chi connectivity index (χ3v) is 2.53. The molecule has 0 spiro atoms. The highest BCUT2D eigenvalue weighted by molar-refractivity contribution is 5.83. The maximum absolute atomic E-state index is 11.8. The van der Waals surface area contributed by atoms with Gasteiger partial charge in [0, 0.05) is 26.0 Å². The van der Waals surface area contributed by atoms with Crippen LogP contribution >= 0.6 is 0 Å². The van der Waals surface area contributed by atoms with Crippen molar-refractivity contribution < 1.29 is 32.6 Å². The highest BCUT2D eigenvalue weighted by atomic mass is 19.4. The molecule has 1 fully saturated rings. The first-order valence-electron chi connectivity index (χ1n) is 4.37.